The van der Waals surface area contributed by atoms with Crippen molar-refractivity contribution in [3.63, 3.8) is 0 Å². The maximum Gasteiger partial charge on any atom is 0.302 e. The highest BCUT2D eigenvalue weighted by Crippen LogP contribution is 2.68. The second-order valence-corrected chi connectivity index (χ2v) is 12.7. The fourth-order valence-electron chi connectivity index (χ4n) is 5.91. The van der Waals surface area contributed by atoms with Gasteiger partial charge in [0.1, 0.15) is 6.10 Å². The highest BCUT2D eigenvalue weighted by Gasteiger charge is 2.59. The van der Waals surface area contributed by atoms with Gasteiger partial charge in [0.05, 0.1) is 4.08 Å². The topological polar surface area (TPSA) is 26.3 Å². The first-order chi connectivity index (χ1) is 14.8. The molecule has 5 atom stereocenters. The third-order valence-corrected chi connectivity index (χ3v) is 10.8. The van der Waals surface area contributed by atoms with Crippen molar-refractivity contribution >= 4 is 29.5 Å². The second kappa shape index (κ2) is 9.23. The number of fused-ring (bicyclic) bond motifs is 1. The minimum Gasteiger partial charge on any atom is -0.463 e. The minimum absolute atomic E-state index is 0.00218. The van der Waals surface area contributed by atoms with Gasteiger partial charge in [0.15, 0.2) is 0 Å². The molecule has 2 saturated carbocycles. The van der Waals surface area contributed by atoms with E-state index in [1.807, 2.05) is 23.5 Å². The fraction of sp³-hybridized carbons (Fsp3) is 0.519. The number of esters is 1. The van der Waals surface area contributed by atoms with E-state index in [1.54, 1.807) is 6.92 Å². The molecule has 2 aromatic carbocycles. The number of carbonyl (C=O) groups is 1. The van der Waals surface area contributed by atoms with E-state index in [-0.39, 0.29) is 21.6 Å². The number of benzene rings is 2. The Labute approximate surface area is 195 Å². The van der Waals surface area contributed by atoms with Crippen LogP contribution in [-0.4, -0.2) is 16.2 Å². The lowest BCUT2D eigenvalue weighted by atomic mass is 9.52. The van der Waals surface area contributed by atoms with Crippen LogP contribution in [0.4, 0.5) is 0 Å². The molecule has 2 aliphatic rings. The quantitative estimate of drug-likeness (QED) is 0.342. The van der Waals surface area contributed by atoms with Gasteiger partial charge in [-0.25, -0.2) is 0 Å². The van der Waals surface area contributed by atoms with Gasteiger partial charge in [-0.3, -0.25) is 4.79 Å². The summed E-state index contributed by atoms with van der Waals surface area (Å²) in [4.78, 5) is 14.4. The molecule has 0 aliphatic heterocycles. The lowest BCUT2D eigenvalue weighted by Crippen LogP contribution is -2.56. The fourth-order valence-corrected chi connectivity index (χ4v) is 9.74. The number of carbonyl (C=O) groups excluding carboxylic acids is 1. The van der Waals surface area contributed by atoms with Gasteiger partial charge in [-0.05, 0) is 73.1 Å². The van der Waals surface area contributed by atoms with Crippen LogP contribution in [0.3, 0.4) is 0 Å². The van der Waals surface area contributed by atoms with Gasteiger partial charge in [0.2, 0.25) is 0 Å². The van der Waals surface area contributed by atoms with Crippen molar-refractivity contribution in [3.05, 3.63) is 60.7 Å². The summed E-state index contributed by atoms with van der Waals surface area (Å²) in [5.74, 6) is 1.60. The van der Waals surface area contributed by atoms with Crippen molar-refractivity contribution in [2.75, 3.05) is 0 Å². The number of rotatable bonds is 5. The maximum absolute atomic E-state index is 11.8. The summed E-state index contributed by atoms with van der Waals surface area (Å²) >= 11 is 4.08. The molecule has 4 rings (SSSR count). The molecule has 0 bridgehead atoms. The molecule has 166 valence electrons. The maximum atomic E-state index is 11.8. The lowest BCUT2D eigenvalue weighted by Gasteiger charge is -2.61. The SMILES string of the molecule is CC(=O)O[C@H]1CC[C@@]2(C)[C@H](C1)C(Sc1ccccc1)(Sc1ccccc1)CC(C)[C@@H]2C. The van der Waals surface area contributed by atoms with Crippen LogP contribution in [0, 0.1) is 23.2 Å². The molecular weight excluding hydrogens is 420 g/mol. The Balaban J connectivity index is 1.78. The van der Waals surface area contributed by atoms with Crippen LogP contribution in [0.15, 0.2) is 70.5 Å². The molecule has 2 aromatic rings. The molecule has 4 heteroatoms. The first-order valence-corrected chi connectivity index (χ1v) is 13.1. The monoisotopic (exact) mass is 454 g/mol. The molecule has 31 heavy (non-hydrogen) atoms. The first-order valence-electron chi connectivity index (χ1n) is 11.5. The van der Waals surface area contributed by atoms with Crippen molar-refractivity contribution < 1.29 is 9.53 Å². The summed E-state index contributed by atoms with van der Waals surface area (Å²) in [6.45, 7) is 8.95. The highest BCUT2D eigenvalue weighted by molar-refractivity contribution is 8.18. The molecule has 2 nitrogen and oxygen atoms in total. The predicted octanol–water partition coefficient (Wildman–Crippen LogP) is 7.68. The number of hydrogen-bond donors (Lipinski definition) is 0. The molecule has 0 amide bonds. The lowest BCUT2D eigenvalue weighted by molar-refractivity contribution is -0.153. The first kappa shape index (κ1) is 22.8. The molecule has 0 N–H and O–H groups in total. The van der Waals surface area contributed by atoms with Crippen molar-refractivity contribution in [2.24, 2.45) is 23.2 Å². The van der Waals surface area contributed by atoms with Crippen molar-refractivity contribution in [1.29, 1.82) is 0 Å². The van der Waals surface area contributed by atoms with E-state index in [9.17, 15) is 4.79 Å². The molecule has 0 aromatic heterocycles. The van der Waals surface area contributed by atoms with Crippen LogP contribution < -0.4 is 0 Å². The average Bonchev–Trinajstić information content (AvgIpc) is 2.74. The van der Waals surface area contributed by atoms with Gasteiger partial charge in [-0.15, -0.1) is 23.5 Å². The number of hydrogen-bond acceptors (Lipinski definition) is 4. The molecular formula is C27H34O2S2. The van der Waals surface area contributed by atoms with Crippen molar-refractivity contribution in [3.8, 4) is 0 Å². The van der Waals surface area contributed by atoms with E-state index in [0.29, 0.717) is 17.8 Å². The largest absolute Gasteiger partial charge is 0.463 e. The zero-order valence-corrected chi connectivity index (χ0v) is 20.7. The third-order valence-electron chi connectivity index (χ3n) is 7.73. The van der Waals surface area contributed by atoms with Gasteiger partial charge in [0.25, 0.3) is 0 Å². The van der Waals surface area contributed by atoms with Gasteiger partial charge >= 0.3 is 5.97 Å². The van der Waals surface area contributed by atoms with Crippen LogP contribution in [-0.2, 0) is 9.53 Å². The van der Waals surface area contributed by atoms with Crippen LogP contribution in [0.5, 0.6) is 0 Å². The molecule has 2 fully saturated rings. The smallest absolute Gasteiger partial charge is 0.302 e. The Kier molecular flexibility index (Phi) is 6.79. The van der Waals surface area contributed by atoms with E-state index in [1.165, 1.54) is 9.79 Å². The van der Waals surface area contributed by atoms with Gasteiger partial charge < -0.3 is 4.74 Å². The van der Waals surface area contributed by atoms with E-state index in [0.717, 1.165) is 25.7 Å². The van der Waals surface area contributed by atoms with Crippen LogP contribution >= 0.6 is 23.5 Å². The number of thioether (sulfide) groups is 2. The Hall–Kier alpha value is -1.39. The molecule has 0 saturated heterocycles. The summed E-state index contributed by atoms with van der Waals surface area (Å²) in [7, 11) is 0. The van der Waals surface area contributed by atoms with Crippen molar-refractivity contribution in [2.45, 2.75) is 73.4 Å². The van der Waals surface area contributed by atoms with Gasteiger partial charge in [-0.1, -0.05) is 57.2 Å². The van der Waals surface area contributed by atoms with Crippen LogP contribution in [0.1, 0.15) is 53.4 Å². The molecule has 0 spiro atoms. The Bertz CT molecular complexity index is 843. The van der Waals surface area contributed by atoms with Crippen LogP contribution in [0.2, 0.25) is 0 Å². The second-order valence-electron chi connectivity index (χ2n) is 9.68. The molecule has 0 radical (unpaired) electrons. The average molecular weight is 455 g/mol. The molecule has 2 aliphatic carbocycles. The van der Waals surface area contributed by atoms with Crippen LogP contribution in [0.25, 0.3) is 0 Å². The standard InChI is InChI=1S/C27H34O2S2/c1-19-18-27(30-23-11-7-5-8-12-23,31-24-13-9-6-10-14-24)25-17-22(29-21(3)28)15-16-26(25,4)20(19)2/h5-14,19-20,22,25H,15-18H2,1-4H3/t19?,20-,22-,25-,26+/m0/s1. The summed E-state index contributed by atoms with van der Waals surface area (Å²) < 4.78 is 5.79. The third kappa shape index (κ3) is 4.71. The Morgan fingerprint density at radius 3 is 2.03 bits per heavy atom. The molecule has 0 heterocycles. The summed E-state index contributed by atoms with van der Waals surface area (Å²) in [5, 5.41) is 0. The summed E-state index contributed by atoms with van der Waals surface area (Å²) in [5.41, 5.74) is 0.234. The Morgan fingerprint density at radius 1 is 0.968 bits per heavy atom. The van der Waals surface area contributed by atoms with Crippen molar-refractivity contribution in [1.82, 2.24) is 0 Å². The van der Waals surface area contributed by atoms with E-state index in [4.69, 9.17) is 4.74 Å². The zero-order chi connectivity index (χ0) is 22.1. The van der Waals surface area contributed by atoms with Gasteiger partial charge in [0, 0.05) is 16.7 Å². The Morgan fingerprint density at radius 2 is 1.52 bits per heavy atom. The normalized spacial score (nSPS) is 32.1. The summed E-state index contributed by atoms with van der Waals surface area (Å²) in [6.07, 6.45) is 4.23. The van der Waals surface area contributed by atoms with E-state index >= 15 is 0 Å². The summed E-state index contributed by atoms with van der Waals surface area (Å²) in [6, 6.07) is 21.7. The van der Waals surface area contributed by atoms with Gasteiger partial charge in [-0.2, -0.15) is 0 Å². The zero-order valence-electron chi connectivity index (χ0n) is 19.0. The van der Waals surface area contributed by atoms with E-state index < -0.39 is 0 Å². The van der Waals surface area contributed by atoms with E-state index in [2.05, 4.69) is 81.4 Å². The predicted molar refractivity (Wildman–Crippen MR) is 131 cm³/mol. The number of ether oxygens (including phenoxy) is 1. The highest BCUT2D eigenvalue weighted by atomic mass is 32.2. The minimum atomic E-state index is -0.150. The molecule has 1 unspecified atom stereocenters.